The summed E-state index contributed by atoms with van der Waals surface area (Å²) in [5.74, 6) is 0. The molecule has 0 bridgehead atoms. The third-order valence-electron chi connectivity index (χ3n) is 2.94. The van der Waals surface area contributed by atoms with Crippen LogP contribution in [0, 0.1) is 0 Å². The average molecular weight is 251 g/mol. The zero-order valence-corrected chi connectivity index (χ0v) is 10.6. The van der Waals surface area contributed by atoms with Crippen LogP contribution in [0.2, 0.25) is 0 Å². The average Bonchev–Trinajstić information content (AvgIpc) is 2.34. The van der Waals surface area contributed by atoms with Crippen LogP contribution < -0.4 is 0 Å². The van der Waals surface area contributed by atoms with E-state index in [-0.39, 0.29) is 5.25 Å². The first kappa shape index (κ1) is 12.4. The lowest BCUT2D eigenvalue weighted by atomic mass is 9.99. The molecule has 1 N–H and O–H groups in total. The van der Waals surface area contributed by atoms with E-state index < -0.39 is 0 Å². The molecule has 0 radical (unpaired) electrons. The van der Waals surface area contributed by atoms with Gasteiger partial charge in [-0.3, -0.25) is 0 Å². The minimum Gasteiger partial charge on any atom is -0.411 e. The molecule has 0 saturated heterocycles. The number of hydrogen-bond donors (Lipinski definition) is 1. The quantitative estimate of drug-likeness (QED) is 0.498. The predicted molar refractivity (Wildman–Crippen MR) is 68.6 cm³/mol. The Hall–Kier alpha value is -1.10. The molecule has 1 fully saturated rings. The number of thioether (sulfide) groups is 1. The molecule has 1 aliphatic rings. The van der Waals surface area contributed by atoms with E-state index in [9.17, 15) is 0 Å². The van der Waals surface area contributed by atoms with Gasteiger partial charge in [0.2, 0.25) is 0 Å². The van der Waals surface area contributed by atoms with Crippen molar-refractivity contribution >= 4 is 17.5 Å². The maximum absolute atomic E-state index is 9.09. The Bertz CT molecular complexity index is 369. The van der Waals surface area contributed by atoms with Crippen LogP contribution in [-0.4, -0.2) is 26.1 Å². The molecule has 0 spiro atoms. The normalized spacial score (nSPS) is 24.2. The maximum atomic E-state index is 9.09. The van der Waals surface area contributed by atoms with Gasteiger partial charge < -0.3 is 5.21 Å². The highest BCUT2D eigenvalue weighted by atomic mass is 32.2. The van der Waals surface area contributed by atoms with E-state index in [1.165, 1.54) is 19.3 Å². The fraction of sp³-hybridized carbons (Fsp3) is 0.583. The zero-order valence-electron chi connectivity index (χ0n) is 9.75. The van der Waals surface area contributed by atoms with Crippen molar-refractivity contribution in [3.8, 4) is 0 Å². The first-order valence-corrected chi connectivity index (χ1v) is 6.92. The largest absolute Gasteiger partial charge is 0.411 e. The van der Waals surface area contributed by atoms with Gasteiger partial charge in [-0.25, -0.2) is 9.97 Å². The molecule has 1 aromatic rings. The lowest BCUT2D eigenvalue weighted by molar-refractivity contribution is 0.315. The Labute approximate surface area is 106 Å². The SMILES string of the molecule is O/N=C1\CCCCCC[C@H]1Sc1ncccn1. The van der Waals surface area contributed by atoms with E-state index in [1.807, 2.05) is 6.07 Å². The van der Waals surface area contributed by atoms with Crippen molar-refractivity contribution in [1.82, 2.24) is 9.97 Å². The second kappa shape index (κ2) is 6.59. The third kappa shape index (κ3) is 3.70. The van der Waals surface area contributed by atoms with Crippen LogP contribution in [-0.2, 0) is 0 Å². The Morgan fingerprint density at radius 2 is 1.94 bits per heavy atom. The van der Waals surface area contributed by atoms with Gasteiger partial charge in [0.25, 0.3) is 0 Å². The van der Waals surface area contributed by atoms with Gasteiger partial charge in [0.1, 0.15) is 0 Å². The molecule has 2 rings (SSSR count). The smallest absolute Gasteiger partial charge is 0.188 e. The first-order valence-electron chi connectivity index (χ1n) is 6.04. The van der Waals surface area contributed by atoms with Gasteiger partial charge in [0, 0.05) is 12.4 Å². The topological polar surface area (TPSA) is 58.4 Å². The molecule has 0 unspecified atom stereocenters. The summed E-state index contributed by atoms with van der Waals surface area (Å²) in [6, 6.07) is 1.81. The van der Waals surface area contributed by atoms with Crippen molar-refractivity contribution in [2.24, 2.45) is 5.16 Å². The van der Waals surface area contributed by atoms with Gasteiger partial charge in [0.05, 0.1) is 11.0 Å². The molecular weight excluding hydrogens is 234 g/mol. The molecule has 0 amide bonds. The zero-order chi connectivity index (χ0) is 11.9. The van der Waals surface area contributed by atoms with Crippen molar-refractivity contribution in [1.29, 1.82) is 0 Å². The van der Waals surface area contributed by atoms with Crippen molar-refractivity contribution < 1.29 is 5.21 Å². The highest BCUT2D eigenvalue weighted by Crippen LogP contribution is 2.28. The second-order valence-electron chi connectivity index (χ2n) is 4.18. The van der Waals surface area contributed by atoms with E-state index >= 15 is 0 Å². The van der Waals surface area contributed by atoms with Crippen molar-refractivity contribution in [2.75, 3.05) is 0 Å². The van der Waals surface area contributed by atoms with E-state index in [0.29, 0.717) is 0 Å². The molecule has 1 aliphatic carbocycles. The first-order chi connectivity index (χ1) is 8.40. The Morgan fingerprint density at radius 1 is 1.18 bits per heavy atom. The summed E-state index contributed by atoms with van der Waals surface area (Å²) in [5.41, 5.74) is 0.891. The number of nitrogens with zero attached hydrogens (tertiary/aromatic N) is 3. The molecule has 1 saturated carbocycles. The van der Waals surface area contributed by atoms with Gasteiger partial charge in [-0.15, -0.1) is 0 Å². The molecular formula is C12H17N3OS. The second-order valence-corrected chi connectivity index (χ2v) is 5.35. The van der Waals surface area contributed by atoms with Crippen LogP contribution in [0.25, 0.3) is 0 Å². The molecule has 1 heterocycles. The van der Waals surface area contributed by atoms with E-state index in [4.69, 9.17) is 5.21 Å². The Balaban J connectivity index is 2.05. The van der Waals surface area contributed by atoms with Gasteiger partial charge in [-0.1, -0.05) is 36.2 Å². The predicted octanol–water partition coefficient (Wildman–Crippen LogP) is 3.12. The van der Waals surface area contributed by atoms with Crippen LogP contribution >= 0.6 is 11.8 Å². The maximum Gasteiger partial charge on any atom is 0.188 e. The van der Waals surface area contributed by atoms with Crippen molar-refractivity contribution in [3.63, 3.8) is 0 Å². The minimum absolute atomic E-state index is 0.225. The minimum atomic E-state index is 0.225. The van der Waals surface area contributed by atoms with Crippen molar-refractivity contribution in [3.05, 3.63) is 18.5 Å². The monoisotopic (exact) mass is 251 g/mol. The molecule has 0 aromatic carbocycles. The number of aromatic nitrogens is 2. The summed E-state index contributed by atoms with van der Waals surface area (Å²) in [6.45, 7) is 0. The third-order valence-corrected chi connectivity index (χ3v) is 4.15. The Morgan fingerprint density at radius 3 is 2.71 bits per heavy atom. The standard InChI is InChI=1S/C12H17N3OS/c16-15-10-6-3-1-2-4-7-11(10)17-12-13-8-5-9-14-12/h5,8-9,11,16H,1-4,6-7H2/b15-10+/t11-/m1/s1. The number of hydrogen-bond acceptors (Lipinski definition) is 5. The molecule has 0 aliphatic heterocycles. The summed E-state index contributed by atoms with van der Waals surface area (Å²) < 4.78 is 0. The Kier molecular flexibility index (Phi) is 4.79. The highest BCUT2D eigenvalue weighted by Gasteiger charge is 2.20. The van der Waals surface area contributed by atoms with Gasteiger partial charge in [-0.2, -0.15) is 0 Å². The van der Waals surface area contributed by atoms with Gasteiger partial charge in [0.15, 0.2) is 5.16 Å². The summed E-state index contributed by atoms with van der Waals surface area (Å²) in [5, 5.41) is 13.5. The van der Waals surface area contributed by atoms with Crippen molar-refractivity contribution in [2.45, 2.75) is 48.9 Å². The lowest BCUT2D eigenvalue weighted by Crippen LogP contribution is -2.19. The number of rotatable bonds is 2. The highest BCUT2D eigenvalue weighted by molar-refractivity contribution is 8.00. The molecule has 5 heteroatoms. The lowest BCUT2D eigenvalue weighted by Gasteiger charge is -2.19. The van der Waals surface area contributed by atoms with Crippen LogP contribution in [0.1, 0.15) is 38.5 Å². The molecule has 1 atom stereocenters. The molecule has 1 aromatic heterocycles. The summed E-state index contributed by atoms with van der Waals surface area (Å²) in [6.07, 6.45) is 10.2. The summed E-state index contributed by atoms with van der Waals surface area (Å²) >= 11 is 1.61. The summed E-state index contributed by atoms with van der Waals surface area (Å²) in [4.78, 5) is 8.42. The fourth-order valence-corrected chi connectivity index (χ4v) is 3.12. The molecule has 4 nitrogen and oxygen atoms in total. The van der Waals surface area contributed by atoms with E-state index in [1.54, 1.807) is 24.2 Å². The molecule has 17 heavy (non-hydrogen) atoms. The summed E-state index contributed by atoms with van der Waals surface area (Å²) in [7, 11) is 0. The van der Waals surface area contributed by atoms with Crippen LogP contribution in [0.5, 0.6) is 0 Å². The van der Waals surface area contributed by atoms with E-state index in [2.05, 4.69) is 15.1 Å². The fourth-order valence-electron chi connectivity index (χ4n) is 2.03. The van der Waals surface area contributed by atoms with Crippen LogP contribution in [0.4, 0.5) is 0 Å². The van der Waals surface area contributed by atoms with Crippen LogP contribution in [0.15, 0.2) is 28.8 Å². The van der Waals surface area contributed by atoms with Gasteiger partial charge >= 0.3 is 0 Å². The van der Waals surface area contributed by atoms with E-state index in [0.717, 1.165) is 30.1 Å². The van der Waals surface area contributed by atoms with Gasteiger partial charge in [-0.05, 0) is 25.3 Å². The van der Waals surface area contributed by atoms with Crippen LogP contribution in [0.3, 0.4) is 0 Å². The molecule has 92 valence electrons. The number of oxime groups is 1.